The number of nitrogens with zero attached hydrogens (tertiary/aromatic N) is 3. The van der Waals surface area contributed by atoms with Crippen LogP contribution in [0.15, 0.2) is 58.6 Å². The molecule has 0 saturated heterocycles. The number of rotatable bonds is 7. The highest BCUT2D eigenvalue weighted by molar-refractivity contribution is 7.99. The Morgan fingerprint density at radius 2 is 2.06 bits per heavy atom. The third kappa shape index (κ3) is 3.59. The number of benzene rings is 2. The number of carboxylic acid groups (broad SMARTS) is 1. The van der Waals surface area contributed by atoms with Gasteiger partial charge in [-0.25, -0.2) is 9.18 Å². The molecule has 0 aliphatic heterocycles. The predicted octanol–water partition coefficient (Wildman–Crippen LogP) is 6.76. The lowest BCUT2D eigenvalue weighted by Crippen LogP contribution is -2.01. The van der Waals surface area contributed by atoms with E-state index in [2.05, 4.69) is 12.0 Å². The zero-order valence-electron chi connectivity index (χ0n) is 17.4. The molecule has 1 saturated carbocycles. The molecule has 1 aliphatic rings. The molecule has 1 fully saturated rings. The van der Waals surface area contributed by atoms with Gasteiger partial charge >= 0.3 is 5.97 Å². The Bertz CT molecular complexity index is 1340. The Morgan fingerprint density at radius 3 is 2.78 bits per heavy atom. The first kappa shape index (κ1) is 21.1. The molecule has 4 aromatic rings. The molecule has 1 N–H and O–H groups in total. The summed E-state index contributed by atoms with van der Waals surface area (Å²) in [4.78, 5) is 13.3. The van der Waals surface area contributed by atoms with Gasteiger partial charge in [0.1, 0.15) is 0 Å². The number of carboxylic acids is 1. The molecule has 32 heavy (non-hydrogen) atoms. The molecule has 0 spiro atoms. The van der Waals surface area contributed by atoms with Crippen LogP contribution in [0.4, 0.5) is 4.39 Å². The molecule has 5 nitrogen and oxygen atoms in total. The largest absolute Gasteiger partial charge is 0.478 e. The molecular weight excluding hydrogens is 449 g/mol. The monoisotopic (exact) mass is 469 g/mol. The van der Waals surface area contributed by atoms with E-state index in [9.17, 15) is 9.90 Å². The number of fused-ring (bicyclic) bond motifs is 1. The molecule has 0 radical (unpaired) electrons. The molecule has 0 unspecified atom stereocenters. The van der Waals surface area contributed by atoms with Gasteiger partial charge in [0.2, 0.25) is 0 Å². The van der Waals surface area contributed by atoms with E-state index < -0.39 is 11.8 Å². The lowest BCUT2D eigenvalue weighted by molar-refractivity contribution is 0.0693. The molecule has 164 valence electrons. The van der Waals surface area contributed by atoms with Crippen molar-refractivity contribution in [1.82, 2.24) is 14.3 Å². The summed E-state index contributed by atoms with van der Waals surface area (Å²) >= 11 is 7.57. The first-order valence-electron chi connectivity index (χ1n) is 10.5. The number of aromatic nitrogens is 3. The Morgan fingerprint density at radius 1 is 1.28 bits per heavy atom. The second kappa shape index (κ2) is 8.30. The smallest absolute Gasteiger partial charge is 0.336 e. The van der Waals surface area contributed by atoms with Crippen LogP contribution in [0.25, 0.3) is 16.6 Å². The van der Waals surface area contributed by atoms with Crippen molar-refractivity contribution in [3.63, 3.8) is 0 Å². The maximum atomic E-state index is 15.4. The molecule has 0 atom stereocenters. The van der Waals surface area contributed by atoms with Gasteiger partial charge in [-0.1, -0.05) is 42.4 Å². The van der Waals surface area contributed by atoms with Crippen molar-refractivity contribution < 1.29 is 14.3 Å². The zero-order valence-corrected chi connectivity index (χ0v) is 19.0. The van der Waals surface area contributed by atoms with Gasteiger partial charge in [-0.15, -0.1) is 0 Å². The van der Waals surface area contributed by atoms with Crippen LogP contribution in [0, 0.1) is 5.82 Å². The van der Waals surface area contributed by atoms with Gasteiger partial charge in [-0.2, -0.15) is 5.10 Å². The average Bonchev–Trinajstić information content (AvgIpc) is 3.42. The molecule has 5 rings (SSSR count). The SMILES string of the molecule is CCCn1cc(-n2c(C3CC3)c(Sc3ccccc3C(=O)O)c3ccc(Cl)c(F)c32)cn1. The van der Waals surface area contributed by atoms with E-state index in [-0.39, 0.29) is 16.5 Å². The van der Waals surface area contributed by atoms with Gasteiger partial charge in [-0.05, 0) is 43.5 Å². The van der Waals surface area contributed by atoms with Crippen LogP contribution in [-0.4, -0.2) is 25.4 Å². The first-order chi connectivity index (χ1) is 15.5. The second-order valence-corrected chi connectivity index (χ2v) is 9.41. The lowest BCUT2D eigenvalue weighted by atomic mass is 10.2. The van der Waals surface area contributed by atoms with E-state index in [1.807, 2.05) is 27.6 Å². The van der Waals surface area contributed by atoms with Crippen LogP contribution in [-0.2, 0) is 6.54 Å². The van der Waals surface area contributed by atoms with E-state index in [1.54, 1.807) is 30.5 Å². The summed E-state index contributed by atoms with van der Waals surface area (Å²) in [7, 11) is 0. The highest BCUT2D eigenvalue weighted by Crippen LogP contribution is 2.51. The van der Waals surface area contributed by atoms with Gasteiger partial charge in [0.25, 0.3) is 0 Å². The van der Waals surface area contributed by atoms with Crippen molar-refractivity contribution in [2.24, 2.45) is 0 Å². The van der Waals surface area contributed by atoms with Crippen molar-refractivity contribution in [2.45, 2.75) is 48.4 Å². The minimum atomic E-state index is -0.986. The maximum absolute atomic E-state index is 15.4. The molecule has 8 heteroatoms. The van der Waals surface area contributed by atoms with E-state index in [0.29, 0.717) is 10.4 Å². The minimum Gasteiger partial charge on any atom is -0.478 e. The van der Waals surface area contributed by atoms with Crippen LogP contribution >= 0.6 is 23.4 Å². The van der Waals surface area contributed by atoms with Crippen LogP contribution in [0.2, 0.25) is 5.02 Å². The number of halogens is 2. The topological polar surface area (TPSA) is 60.0 Å². The van der Waals surface area contributed by atoms with Crippen molar-refractivity contribution in [3.8, 4) is 5.69 Å². The maximum Gasteiger partial charge on any atom is 0.336 e. The van der Waals surface area contributed by atoms with Crippen molar-refractivity contribution in [1.29, 1.82) is 0 Å². The molecule has 0 bridgehead atoms. The summed E-state index contributed by atoms with van der Waals surface area (Å²) in [6, 6.07) is 10.3. The summed E-state index contributed by atoms with van der Waals surface area (Å²) < 4.78 is 19.2. The highest BCUT2D eigenvalue weighted by Gasteiger charge is 2.34. The standard InChI is InChI=1S/C24H21ClFN3O2S/c1-2-11-28-13-15(12-27-28)29-21(14-7-8-14)23(17-9-10-18(25)20(26)22(17)29)32-19-6-4-3-5-16(19)24(30)31/h3-6,9-10,12-14H,2,7-8,11H2,1H3,(H,30,31). The van der Waals surface area contributed by atoms with E-state index >= 15 is 4.39 Å². The lowest BCUT2D eigenvalue weighted by Gasteiger charge is -2.11. The molecule has 2 heterocycles. The molecule has 0 amide bonds. The van der Waals surface area contributed by atoms with Gasteiger partial charge in [0, 0.05) is 39.5 Å². The van der Waals surface area contributed by atoms with Crippen molar-refractivity contribution >= 4 is 40.2 Å². The Kier molecular flexibility index (Phi) is 5.47. The predicted molar refractivity (Wildman–Crippen MR) is 124 cm³/mol. The molecule has 2 aromatic heterocycles. The van der Waals surface area contributed by atoms with Crippen molar-refractivity contribution in [3.05, 3.63) is 70.9 Å². The fourth-order valence-electron chi connectivity index (χ4n) is 4.06. The van der Waals surface area contributed by atoms with Crippen LogP contribution in [0.1, 0.15) is 48.2 Å². The number of aryl methyl sites for hydroxylation is 1. The van der Waals surface area contributed by atoms with Gasteiger partial charge < -0.3 is 9.67 Å². The third-order valence-corrected chi connectivity index (χ3v) is 7.14. The average molecular weight is 470 g/mol. The normalized spacial score (nSPS) is 13.7. The van der Waals surface area contributed by atoms with E-state index in [1.165, 1.54) is 11.8 Å². The fourth-order valence-corrected chi connectivity index (χ4v) is 5.49. The van der Waals surface area contributed by atoms with Gasteiger partial charge in [0.05, 0.1) is 28.0 Å². The minimum absolute atomic E-state index is 0.0574. The number of hydrogen-bond donors (Lipinski definition) is 1. The van der Waals surface area contributed by atoms with Crippen LogP contribution in [0.3, 0.4) is 0 Å². The number of hydrogen-bond acceptors (Lipinski definition) is 3. The van der Waals surface area contributed by atoms with Crippen LogP contribution in [0.5, 0.6) is 0 Å². The third-order valence-electron chi connectivity index (χ3n) is 5.63. The molecule has 2 aromatic carbocycles. The highest BCUT2D eigenvalue weighted by atomic mass is 35.5. The summed E-state index contributed by atoms with van der Waals surface area (Å²) in [5, 5.41) is 14.9. The van der Waals surface area contributed by atoms with E-state index in [4.69, 9.17) is 11.6 Å². The van der Waals surface area contributed by atoms with Crippen LogP contribution < -0.4 is 0 Å². The zero-order chi connectivity index (χ0) is 22.4. The Labute approximate surface area is 193 Å². The summed E-state index contributed by atoms with van der Waals surface area (Å²) in [6.07, 6.45) is 6.62. The van der Waals surface area contributed by atoms with Gasteiger partial charge in [-0.3, -0.25) is 4.68 Å². The Balaban J connectivity index is 1.78. The van der Waals surface area contributed by atoms with E-state index in [0.717, 1.165) is 47.5 Å². The number of carbonyl (C=O) groups is 1. The van der Waals surface area contributed by atoms with Gasteiger partial charge in [0.15, 0.2) is 5.82 Å². The van der Waals surface area contributed by atoms with Crippen molar-refractivity contribution in [2.75, 3.05) is 0 Å². The fraction of sp³-hybridized carbons (Fsp3) is 0.250. The quantitative estimate of drug-likeness (QED) is 0.325. The first-order valence-corrected chi connectivity index (χ1v) is 11.7. The Hall–Kier alpha value is -2.77. The summed E-state index contributed by atoms with van der Waals surface area (Å²) in [6.45, 7) is 2.85. The summed E-state index contributed by atoms with van der Waals surface area (Å²) in [5.41, 5.74) is 2.41. The summed E-state index contributed by atoms with van der Waals surface area (Å²) in [5.74, 6) is -1.19. The molecular formula is C24H21ClFN3O2S. The second-order valence-electron chi connectivity index (χ2n) is 7.95. The number of aromatic carboxylic acids is 1. The molecule has 1 aliphatic carbocycles.